The molecule has 0 N–H and O–H groups in total. The molecule has 45 heavy (non-hydrogen) atoms. The Morgan fingerprint density at radius 1 is 1.02 bits per heavy atom. The maximum absolute atomic E-state index is 12.6. The lowest BCUT2D eigenvalue weighted by Crippen LogP contribution is -2.58. The van der Waals surface area contributed by atoms with Crippen LogP contribution in [0.2, 0.25) is 36.3 Å². The zero-order valence-electron chi connectivity index (χ0n) is 30.2. The van der Waals surface area contributed by atoms with Crippen molar-refractivity contribution in [1.82, 2.24) is 0 Å². The van der Waals surface area contributed by atoms with Gasteiger partial charge in [0.1, 0.15) is 24.1 Å². The van der Waals surface area contributed by atoms with Crippen LogP contribution in [0.4, 0.5) is 4.79 Å². The van der Waals surface area contributed by atoms with Crippen molar-refractivity contribution in [2.45, 2.75) is 122 Å². The zero-order chi connectivity index (χ0) is 34.0. The van der Waals surface area contributed by atoms with Crippen molar-refractivity contribution in [2.24, 2.45) is 17.8 Å². The van der Waals surface area contributed by atoms with Gasteiger partial charge < -0.3 is 32.5 Å². The summed E-state index contributed by atoms with van der Waals surface area (Å²) in [5.74, 6) is 0.426. The van der Waals surface area contributed by atoms with Crippen LogP contribution in [-0.2, 0) is 34.4 Å². The van der Waals surface area contributed by atoms with Gasteiger partial charge in [-0.15, -0.1) is 6.58 Å². The Kier molecular flexibility index (Phi) is 11.9. The Bertz CT molecular complexity index is 1140. The Morgan fingerprint density at radius 3 is 2.16 bits per heavy atom. The Balaban J connectivity index is 1.93. The molecule has 2 aliphatic rings. The van der Waals surface area contributed by atoms with E-state index in [2.05, 4.69) is 88.2 Å². The van der Waals surface area contributed by atoms with Gasteiger partial charge in [0.05, 0.1) is 32.5 Å². The fourth-order valence-corrected chi connectivity index (χ4v) is 7.86. The first-order valence-corrected chi connectivity index (χ1v) is 22.1. The second kappa shape index (κ2) is 14.2. The first kappa shape index (κ1) is 37.8. The smallest absolute Gasteiger partial charge is 0.497 e. The molecule has 0 saturated carbocycles. The van der Waals surface area contributed by atoms with Crippen LogP contribution in [0.3, 0.4) is 0 Å². The monoisotopic (exact) mass is 664 g/mol. The molecule has 2 fully saturated rings. The Labute approximate surface area is 274 Å². The molecule has 0 bridgehead atoms. The standard InChI is InChI=1S/C35H60O8Si2/c1-15-26-22-39-32(36)41-29(26)28(23-40-44(11,12)33(3,4)5)31(43-45(13,14)34(6,7)8)35(9)30(42-35)24(2)20-38-21-25-16-18-27(37-10)19-17-25/h15-19,24,26,28-31H,1,20-23H2,2-14H3/t24-,26-,28-,29+,30+,31-,35?/m0/s1. The quantitative estimate of drug-likeness (QED) is 0.0800. The van der Waals surface area contributed by atoms with E-state index in [0.29, 0.717) is 19.8 Å². The number of methoxy groups -OCH3 is 1. The van der Waals surface area contributed by atoms with Crippen LogP contribution in [0.5, 0.6) is 5.75 Å². The highest BCUT2D eigenvalue weighted by atomic mass is 28.4. The van der Waals surface area contributed by atoms with Gasteiger partial charge >= 0.3 is 6.16 Å². The lowest BCUT2D eigenvalue weighted by Gasteiger charge is -2.47. The molecule has 1 unspecified atom stereocenters. The van der Waals surface area contributed by atoms with Gasteiger partial charge in [-0.3, -0.25) is 0 Å². The highest BCUT2D eigenvalue weighted by Gasteiger charge is 2.65. The van der Waals surface area contributed by atoms with Gasteiger partial charge in [0, 0.05) is 24.4 Å². The average Bonchev–Trinajstić information content (AvgIpc) is 3.64. The second-order valence-electron chi connectivity index (χ2n) is 16.1. The minimum Gasteiger partial charge on any atom is -0.497 e. The number of cyclic esters (lactones) is 2. The summed E-state index contributed by atoms with van der Waals surface area (Å²) in [7, 11) is -2.83. The van der Waals surface area contributed by atoms with E-state index in [-0.39, 0.29) is 40.5 Å². The first-order valence-electron chi connectivity index (χ1n) is 16.3. The lowest BCUT2D eigenvalue weighted by molar-refractivity contribution is -0.108. The van der Waals surface area contributed by atoms with Crippen molar-refractivity contribution in [3.63, 3.8) is 0 Å². The first-order chi connectivity index (χ1) is 20.7. The summed E-state index contributed by atoms with van der Waals surface area (Å²) in [4.78, 5) is 12.6. The number of hydrogen-bond donors (Lipinski definition) is 0. The van der Waals surface area contributed by atoms with E-state index in [1.807, 2.05) is 30.3 Å². The highest BCUT2D eigenvalue weighted by Crippen LogP contribution is 2.52. The van der Waals surface area contributed by atoms with Crippen LogP contribution in [0.25, 0.3) is 0 Å². The number of carbonyl (C=O) groups is 1. The molecule has 0 aromatic heterocycles. The van der Waals surface area contributed by atoms with Gasteiger partial charge in [0.25, 0.3) is 0 Å². The molecule has 2 saturated heterocycles. The van der Waals surface area contributed by atoms with E-state index in [9.17, 15) is 4.79 Å². The summed E-state index contributed by atoms with van der Waals surface area (Å²) >= 11 is 0. The van der Waals surface area contributed by atoms with Gasteiger partial charge in [-0.2, -0.15) is 0 Å². The number of carbonyl (C=O) groups excluding carboxylic acids is 1. The molecule has 1 aromatic carbocycles. The summed E-state index contributed by atoms with van der Waals surface area (Å²) in [5.41, 5.74) is 0.456. The molecule has 0 spiro atoms. The van der Waals surface area contributed by atoms with Gasteiger partial charge in [-0.05, 0) is 60.9 Å². The van der Waals surface area contributed by atoms with Crippen molar-refractivity contribution in [3.05, 3.63) is 42.5 Å². The fraction of sp³-hybridized carbons (Fsp3) is 0.743. The molecule has 0 aliphatic carbocycles. The van der Waals surface area contributed by atoms with E-state index in [1.54, 1.807) is 7.11 Å². The molecule has 7 atom stereocenters. The Hall–Kier alpha value is -1.70. The molecular weight excluding hydrogens is 605 g/mol. The van der Waals surface area contributed by atoms with E-state index in [4.69, 9.17) is 32.5 Å². The fourth-order valence-electron chi connectivity index (χ4n) is 5.42. The largest absolute Gasteiger partial charge is 0.508 e. The normalized spacial score (nSPS) is 26.3. The van der Waals surface area contributed by atoms with Gasteiger partial charge in [0.15, 0.2) is 16.6 Å². The summed E-state index contributed by atoms with van der Waals surface area (Å²) in [6.45, 7) is 32.4. The van der Waals surface area contributed by atoms with Crippen LogP contribution in [0.1, 0.15) is 61.0 Å². The average molecular weight is 665 g/mol. The lowest BCUT2D eigenvalue weighted by atomic mass is 9.80. The van der Waals surface area contributed by atoms with Crippen molar-refractivity contribution >= 4 is 22.8 Å². The number of ether oxygens (including phenoxy) is 5. The van der Waals surface area contributed by atoms with Crippen LogP contribution in [0.15, 0.2) is 36.9 Å². The molecule has 256 valence electrons. The summed E-state index contributed by atoms with van der Waals surface area (Å²) in [6.07, 6.45) is 0.141. The summed E-state index contributed by atoms with van der Waals surface area (Å²) in [6, 6.07) is 7.92. The molecule has 3 rings (SSSR count). The second-order valence-corrected chi connectivity index (χ2v) is 25.7. The van der Waals surface area contributed by atoms with Gasteiger partial charge in [0.2, 0.25) is 0 Å². The third-order valence-electron chi connectivity index (χ3n) is 10.6. The van der Waals surface area contributed by atoms with Crippen LogP contribution < -0.4 is 4.74 Å². The van der Waals surface area contributed by atoms with E-state index in [0.717, 1.165) is 11.3 Å². The van der Waals surface area contributed by atoms with Crippen molar-refractivity contribution in [1.29, 1.82) is 0 Å². The minimum atomic E-state index is -2.33. The number of benzene rings is 1. The predicted octanol–water partition coefficient (Wildman–Crippen LogP) is 8.37. The maximum Gasteiger partial charge on any atom is 0.508 e. The van der Waals surface area contributed by atoms with E-state index in [1.165, 1.54) is 0 Å². The zero-order valence-corrected chi connectivity index (χ0v) is 32.2. The molecule has 0 amide bonds. The van der Waals surface area contributed by atoms with Crippen molar-refractivity contribution in [2.75, 3.05) is 26.9 Å². The van der Waals surface area contributed by atoms with Gasteiger partial charge in [-0.25, -0.2) is 4.79 Å². The van der Waals surface area contributed by atoms with Gasteiger partial charge in [-0.1, -0.05) is 66.7 Å². The number of epoxide rings is 1. The maximum atomic E-state index is 12.6. The van der Waals surface area contributed by atoms with Crippen LogP contribution in [-0.4, -0.2) is 73.6 Å². The number of hydrogen-bond acceptors (Lipinski definition) is 8. The van der Waals surface area contributed by atoms with Crippen LogP contribution in [0, 0.1) is 17.8 Å². The molecule has 0 radical (unpaired) electrons. The molecule has 10 heteroatoms. The summed E-state index contributed by atoms with van der Waals surface area (Å²) in [5, 5.41) is -0.0378. The SMILES string of the molecule is C=C[C@H]1COC(=O)O[C@H]1[C@H](CO[Si](C)(C)C(C)(C)C)[C@H](O[Si](C)(C)C(C)(C)C)C1(C)O[C@@H]1[C@@H](C)COCc1ccc(OC)cc1. The van der Waals surface area contributed by atoms with Crippen LogP contribution >= 0.6 is 0 Å². The minimum absolute atomic E-state index is 0.00970. The number of rotatable bonds is 15. The highest BCUT2D eigenvalue weighted by molar-refractivity contribution is 6.74. The summed E-state index contributed by atoms with van der Waals surface area (Å²) < 4.78 is 43.6. The topological polar surface area (TPSA) is 85.0 Å². The molecule has 2 aliphatic heterocycles. The van der Waals surface area contributed by atoms with Crippen molar-refractivity contribution < 1.29 is 37.3 Å². The van der Waals surface area contributed by atoms with Crippen molar-refractivity contribution in [3.8, 4) is 5.75 Å². The third kappa shape index (κ3) is 9.02. The molecule has 8 nitrogen and oxygen atoms in total. The van der Waals surface area contributed by atoms with E-state index < -0.39 is 40.6 Å². The molecule has 2 heterocycles. The Morgan fingerprint density at radius 2 is 1.62 bits per heavy atom. The molecule has 1 aromatic rings. The molecular formula is C35H60O8Si2. The third-order valence-corrected chi connectivity index (χ3v) is 19.6. The predicted molar refractivity (Wildman–Crippen MR) is 184 cm³/mol. The van der Waals surface area contributed by atoms with E-state index >= 15 is 0 Å².